The molecule has 2 rings (SSSR count). The molecular weight excluding hydrogens is 274 g/mol. The second-order valence-electron chi connectivity index (χ2n) is 6.10. The summed E-state index contributed by atoms with van der Waals surface area (Å²) < 4.78 is 12.0. The first-order valence-corrected chi connectivity index (χ1v) is 6.79. The maximum atomic E-state index is 12.3. The highest BCUT2D eigenvalue weighted by Gasteiger charge is 2.39. The Morgan fingerprint density at radius 2 is 2.05 bits per heavy atom. The number of aromatic nitrogens is 2. The molecule has 1 atom stereocenters. The molecule has 7 nitrogen and oxygen atoms in total. The molecule has 0 bridgehead atoms. The zero-order chi connectivity index (χ0) is 15.8. The predicted molar refractivity (Wildman–Crippen MR) is 74.5 cm³/mol. The fraction of sp³-hybridized carbons (Fsp3) is 0.643. The summed E-state index contributed by atoms with van der Waals surface area (Å²) in [4.78, 5) is 30.0. The number of hydrogen-bond donors (Lipinski definition) is 0. The van der Waals surface area contributed by atoms with Crippen molar-refractivity contribution < 1.29 is 19.1 Å². The molecule has 1 aliphatic heterocycles. The first-order valence-electron chi connectivity index (χ1n) is 6.79. The number of carbonyl (C=O) groups excluding carboxylic acids is 2. The van der Waals surface area contributed by atoms with Gasteiger partial charge in [0, 0.05) is 19.2 Å². The van der Waals surface area contributed by atoms with Gasteiger partial charge in [-0.15, -0.1) is 0 Å². The normalized spacial score (nSPS) is 18.1. The molecule has 0 spiro atoms. The summed E-state index contributed by atoms with van der Waals surface area (Å²) in [6.07, 6.45) is 1.52. The van der Waals surface area contributed by atoms with Crippen molar-refractivity contribution in [1.29, 1.82) is 0 Å². The topological polar surface area (TPSA) is 73.7 Å². The fourth-order valence-electron chi connectivity index (χ4n) is 2.32. The molecule has 1 unspecified atom stereocenters. The summed E-state index contributed by atoms with van der Waals surface area (Å²) in [5.41, 5.74) is 1.09. The van der Waals surface area contributed by atoms with Crippen molar-refractivity contribution in [3.63, 3.8) is 0 Å². The molecule has 0 fully saturated rings. The van der Waals surface area contributed by atoms with E-state index in [0.29, 0.717) is 6.42 Å². The van der Waals surface area contributed by atoms with E-state index < -0.39 is 23.7 Å². The van der Waals surface area contributed by atoms with E-state index in [1.165, 1.54) is 12.0 Å². The smallest absolute Gasteiger partial charge is 0.411 e. The summed E-state index contributed by atoms with van der Waals surface area (Å²) in [6, 6.07) is -0.687. The van der Waals surface area contributed by atoms with Gasteiger partial charge in [-0.05, 0) is 20.8 Å². The largest absolute Gasteiger partial charge is 0.467 e. The van der Waals surface area contributed by atoms with Crippen LogP contribution >= 0.6 is 0 Å². The lowest BCUT2D eigenvalue weighted by molar-refractivity contribution is -0.147. The zero-order valence-electron chi connectivity index (χ0n) is 13.0. The van der Waals surface area contributed by atoms with Crippen molar-refractivity contribution in [3.8, 4) is 0 Å². The van der Waals surface area contributed by atoms with E-state index in [1.807, 2.05) is 11.6 Å². The summed E-state index contributed by atoms with van der Waals surface area (Å²) in [5, 5.41) is 0. The van der Waals surface area contributed by atoms with E-state index in [9.17, 15) is 9.59 Å². The van der Waals surface area contributed by atoms with Gasteiger partial charge in [0.05, 0.1) is 25.7 Å². The molecule has 0 saturated heterocycles. The Morgan fingerprint density at radius 3 is 2.62 bits per heavy atom. The van der Waals surface area contributed by atoms with E-state index >= 15 is 0 Å². The maximum Gasteiger partial charge on any atom is 0.411 e. The Labute approximate surface area is 123 Å². The molecule has 116 valence electrons. The Balaban J connectivity index is 2.29. The van der Waals surface area contributed by atoms with E-state index in [-0.39, 0.29) is 6.54 Å². The molecule has 2 heterocycles. The number of hydrogen-bond acceptors (Lipinski definition) is 5. The number of ether oxygens (including phenoxy) is 2. The minimum absolute atomic E-state index is 0.241. The summed E-state index contributed by atoms with van der Waals surface area (Å²) in [7, 11) is 3.18. The van der Waals surface area contributed by atoms with Gasteiger partial charge in [-0.1, -0.05) is 0 Å². The standard InChI is InChI=1S/C14H21N3O4/c1-14(2,3)21-13(19)17-7-9-10(16(4)8-15-9)6-11(17)12(18)20-5/h8,11H,6-7H2,1-5H3. The van der Waals surface area contributed by atoms with Gasteiger partial charge in [-0.25, -0.2) is 14.6 Å². The lowest BCUT2D eigenvalue weighted by atomic mass is 10.0. The molecule has 0 aromatic carbocycles. The average molecular weight is 295 g/mol. The Bertz CT molecular complexity index is 559. The fourth-order valence-corrected chi connectivity index (χ4v) is 2.32. The Morgan fingerprint density at radius 1 is 1.38 bits per heavy atom. The van der Waals surface area contributed by atoms with E-state index in [1.54, 1.807) is 27.1 Å². The van der Waals surface area contributed by atoms with Gasteiger partial charge in [-0.3, -0.25) is 4.90 Å². The Kier molecular flexibility index (Phi) is 3.93. The summed E-state index contributed by atoms with van der Waals surface area (Å²) in [6.45, 7) is 5.60. The number of methoxy groups -OCH3 is 1. The highest BCUT2D eigenvalue weighted by Crippen LogP contribution is 2.24. The quantitative estimate of drug-likeness (QED) is 0.729. The van der Waals surface area contributed by atoms with E-state index in [2.05, 4.69) is 4.98 Å². The molecule has 21 heavy (non-hydrogen) atoms. The van der Waals surface area contributed by atoms with Gasteiger partial charge >= 0.3 is 12.1 Å². The number of aryl methyl sites for hydroxylation is 1. The van der Waals surface area contributed by atoms with E-state index in [0.717, 1.165) is 11.4 Å². The van der Waals surface area contributed by atoms with Gasteiger partial charge < -0.3 is 14.0 Å². The number of rotatable bonds is 1. The number of nitrogens with zero attached hydrogens (tertiary/aromatic N) is 3. The average Bonchev–Trinajstić information content (AvgIpc) is 2.75. The van der Waals surface area contributed by atoms with Gasteiger partial charge in [0.15, 0.2) is 0 Å². The molecule has 1 aromatic rings. The van der Waals surface area contributed by atoms with Crippen molar-refractivity contribution in [2.24, 2.45) is 7.05 Å². The van der Waals surface area contributed by atoms with Crippen LogP contribution in [-0.4, -0.2) is 45.3 Å². The molecule has 0 radical (unpaired) electrons. The molecular formula is C14H21N3O4. The summed E-state index contributed by atoms with van der Waals surface area (Å²) >= 11 is 0. The number of esters is 1. The number of fused-ring (bicyclic) bond motifs is 1. The predicted octanol–water partition coefficient (Wildman–Crippen LogP) is 1.25. The lowest BCUT2D eigenvalue weighted by Gasteiger charge is -2.34. The van der Waals surface area contributed by atoms with Crippen molar-refractivity contribution in [2.45, 2.75) is 45.4 Å². The van der Waals surface area contributed by atoms with Crippen LogP contribution in [0, 0.1) is 0 Å². The third-order valence-electron chi connectivity index (χ3n) is 3.33. The third-order valence-corrected chi connectivity index (χ3v) is 3.33. The molecule has 7 heteroatoms. The molecule has 1 aliphatic rings. The van der Waals surface area contributed by atoms with Crippen molar-refractivity contribution >= 4 is 12.1 Å². The van der Waals surface area contributed by atoms with Gasteiger partial charge in [0.2, 0.25) is 0 Å². The number of carbonyl (C=O) groups is 2. The number of amides is 1. The maximum absolute atomic E-state index is 12.3. The monoisotopic (exact) mass is 295 g/mol. The second kappa shape index (κ2) is 5.38. The van der Waals surface area contributed by atoms with Crippen LogP contribution in [0.4, 0.5) is 4.79 Å². The van der Waals surface area contributed by atoms with Crippen molar-refractivity contribution in [1.82, 2.24) is 14.5 Å². The molecule has 1 aromatic heterocycles. The second-order valence-corrected chi connectivity index (χ2v) is 6.10. The van der Waals surface area contributed by atoms with Crippen LogP contribution in [0.5, 0.6) is 0 Å². The van der Waals surface area contributed by atoms with Crippen LogP contribution in [0.3, 0.4) is 0 Å². The van der Waals surface area contributed by atoms with Crippen LogP contribution < -0.4 is 0 Å². The van der Waals surface area contributed by atoms with Gasteiger partial charge in [-0.2, -0.15) is 0 Å². The van der Waals surface area contributed by atoms with Gasteiger partial charge in [0.25, 0.3) is 0 Å². The van der Waals surface area contributed by atoms with Crippen LogP contribution in [0.25, 0.3) is 0 Å². The van der Waals surface area contributed by atoms with Crippen LogP contribution in [0.2, 0.25) is 0 Å². The first kappa shape index (κ1) is 15.3. The minimum atomic E-state index is -0.687. The molecule has 0 N–H and O–H groups in total. The lowest BCUT2D eigenvalue weighted by Crippen LogP contribution is -2.50. The Hall–Kier alpha value is -2.05. The highest BCUT2D eigenvalue weighted by molar-refractivity contribution is 5.82. The van der Waals surface area contributed by atoms with Crippen LogP contribution in [-0.2, 0) is 34.3 Å². The molecule has 0 aliphatic carbocycles. The van der Waals surface area contributed by atoms with Crippen LogP contribution in [0.15, 0.2) is 6.33 Å². The van der Waals surface area contributed by atoms with Crippen molar-refractivity contribution in [3.05, 3.63) is 17.7 Å². The van der Waals surface area contributed by atoms with Gasteiger partial charge in [0.1, 0.15) is 11.6 Å². The minimum Gasteiger partial charge on any atom is -0.467 e. The zero-order valence-corrected chi connectivity index (χ0v) is 13.0. The van der Waals surface area contributed by atoms with Crippen LogP contribution in [0.1, 0.15) is 32.2 Å². The highest BCUT2D eigenvalue weighted by atomic mass is 16.6. The molecule has 1 amide bonds. The van der Waals surface area contributed by atoms with E-state index in [4.69, 9.17) is 9.47 Å². The third kappa shape index (κ3) is 3.17. The first-order chi connectivity index (χ1) is 9.73. The molecule has 0 saturated carbocycles. The summed E-state index contributed by atoms with van der Waals surface area (Å²) in [5.74, 6) is -0.451. The van der Waals surface area contributed by atoms with Crippen molar-refractivity contribution in [2.75, 3.05) is 7.11 Å². The SMILES string of the molecule is COC(=O)C1Cc2c(ncn2C)CN1C(=O)OC(C)(C)C. The number of imidazole rings is 1.